The fourth-order valence-electron chi connectivity index (χ4n) is 3.16. The van der Waals surface area contributed by atoms with Crippen molar-refractivity contribution in [1.82, 2.24) is 10.2 Å². The van der Waals surface area contributed by atoms with E-state index >= 15 is 0 Å². The number of nitrogens with one attached hydrogen (secondary N) is 1. The zero-order chi connectivity index (χ0) is 20.1. The van der Waals surface area contributed by atoms with Gasteiger partial charge in [0.1, 0.15) is 5.82 Å². The van der Waals surface area contributed by atoms with Gasteiger partial charge in [-0.15, -0.1) is 0 Å². The molecule has 1 aliphatic heterocycles. The minimum Gasteiger partial charge on any atom is -0.489 e. The van der Waals surface area contributed by atoms with E-state index in [-0.39, 0.29) is 24.2 Å². The predicted octanol–water partition coefficient (Wildman–Crippen LogP) is 3.60. The Morgan fingerprint density at radius 1 is 1.25 bits per heavy atom. The first-order valence-electron chi connectivity index (χ1n) is 9.20. The fraction of sp³-hybridized carbons (Fsp3) is 0.381. The Hall–Kier alpha value is -2.31. The minimum absolute atomic E-state index is 0.132. The van der Waals surface area contributed by atoms with Crippen molar-refractivity contribution in [3.63, 3.8) is 0 Å². The highest BCUT2D eigenvalue weighted by Gasteiger charge is 2.19. The highest BCUT2D eigenvalue weighted by Crippen LogP contribution is 2.38. The van der Waals surface area contributed by atoms with E-state index in [9.17, 15) is 9.18 Å². The van der Waals surface area contributed by atoms with Gasteiger partial charge in [-0.1, -0.05) is 23.7 Å². The molecular formula is C21H24ClFN2O3. The first-order valence-corrected chi connectivity index (χ1v) is 9.58. The zero-order valence-electron chi connectivity index (χ0n) is 16.0. The van der Waals surface area contributed by atoms with Crippen LogP contribution in [0.2, 0.25) is 5.02 Å². The lowest BCUT2D eigenvalue weighted by atomic mass is 10.1. The third-order valence-corrected chi connectivity index (χ3v) is 4.86. The van der Waals surface area contributed by atoms with Crippen LogP contribution in [0.1, 0.15) is 23.6 Å². The van der Waals surface area contributed by atoms with Crippen LogP contribution in [0.25, 0.3) is 0 Å². The second-order valence-electron chi connectivity index (χ2n) is 6.97. The van der Waals surface area contributed by atoms with Crippen LogP contribution in [0.5, 0.6) is 11.5 Å². The average Bonchev–Trinajstić information content (AvgIpc) is 2.87. The SMILES string of the molecule is CN(C)[C@H](CNC(=O)Cc1cc(Cl)c2c(c1)OCCCO2)c1cccc(F)c1. The third kappa shape index (κ3) is 5.14. The number of likely N-dealkylation sites (N-methyl/N-ethyl adjacent to an activating group) is 1. The Morgan fingerprint density at radius 3 is 2.79 bits per heavy atom. The van der Waals surface area contributed by atoms with Crippen LogP contribution in [0.15, 0.2) is 36.4 Å². The van der Waals surface area contributed by atoms with Crippen molar-refractivity contribution < 1.29 is 18.7 Å². The molecule has 0 aliphatic carbocycles. The van der Waals surface area contributed by atoms with E-state index in [0.717, 1.165) is 17.5 Å². The number of hydrogen-bond acceptors (Lipinski definition) is 4. The van der Waals surface area contributed by atoms with Crippen LogP contribution in [0.4, 0.5) is 4.39 Å². The number of hydrogen-bond donors (Lipinski definition) is 1. The fourth-order valence-corrected chi connectivity index (χ4v) is 3.44. The van der Waals surface area contributed by atoms with Crippen LogP contribution in [0.3, 0.4) is 0 Å². The van der Waals surface area contributed by atoms with Gasteiger partial charge in [0, 0.05) is 13.0 Å². The van der Waals surface area contributed by atoms with Crippen LogP contribution in [0, 0.1) is 5.82 Å². The zero-order valence-corrected chi connectivity index (χ0v) is 16.8. The van der Waals surface area contributed by atoms with Gasteiger partial charge in [0.25, 0.3) is 0 Å². The lowest BCUT2D eigenvalue weighted by Crippen LogP contribution is -2.35. The maximum absolute atomic E-state index is 13.5. The molecule has 0 fully saturated rings. The smallest absolute Gasteiger partial charge is 0.224 e. The lowest BCUT2D eigenvalue weighted by molar-refractivity contribution is -0.120. The van der Waals surface area contributed by atoms with Gasteiger partial charge in [-0.05, 0) is 49.5 Å². The van der Waals surface area contributed by atoms with Crippen molar-refractivity contribution in [2.24, 2.45) is 0 Å². The second kappa shape index (κ2) is 9.26. The Labute approximate surface area is 169 Å². The van der Waals surface area contributed by atoms with E-state index in [1.807, 2.05) is 25.1 Å². The van der Waals surface area contributed by atoms with E-state index in [1.54, 1.807) is 18.2 Å². The number of rotatable bonds is 6. The van der Waals surface area contributed by atoms with Gasteiger partial charge >= 0.3 is 0 Å². The molecule has 0 saturated heterocycles. The number of nitrogens with zero attached hydrogens (tertiary/aromatic N) is 1. The molecule has 0 bridgehead atoms. The van der Waals surface area contributed by atoms with E-state index < -0.39 is 0 Å². The summed E-state index contributed by atoms with van der Waals surface area (Å²) in [7, 11) is 3.79. The quantitative estimate of drug-likeness (QED) is 0.796. The molecule has 5 nitrogen and oxygen atoms in total. The van der Waals surface area contributed by atoms with Crippen molar-refractivity contribution in [3.05, 3.63) is 58.4 Å². The van der Waals surface area contributed by atoms with Gasteiger partial charge in [0.2, 0.25) is 5.91 Å². The molecule has 0 aromatic heterocycles. The molecule has 2 aromatic carbocycles. The lowest BCUT2D eigenvalue weighted by Gasteiger charge is -2.25. The highest BCUT2D eigenvalue weighted by molar-refractivity contribution is 6.32. The van der Waals surface area contributed by atoms with Crippen molar-refractivity contribution in [2.75, 3.05) is 33.9 Å². The topological polar surface area (TPSA) is 50.8 Å². The summed E-state index contributed by atoms with van der Waals surface area (Å²) < 4.78 is 24.8. The summed E-state index contributed by atoms with van der Waals surface area (Å²) in [6, 6.07) is 9.80. The molecule has 7 heteroatoms. The molecule has 0 spiro atoms. The second-order valence-corrected chi connectivity index (χ2v) is 7.38. The highest BCUT2D eigenvalue weighted by atomic mass is 35.5. The molecule has 1 aliphatic rings. The van der Waals surface area contributed by atoms with Crippen molar-refractivity contribution in [2.45, 2.75) is 18.9 Å². The molecule has 1 heterocycles. The summed E-state index contributed by atoms with van der Waals surface area (Å²) in [6.07, 6.45) is 0.951. The minimum atomic E-state index is -0.294. The number of halogens is 2. The van der Waals surface area contributed by atoms with Gasteiger partial charge < -0.3 is 19.7 Å². The van der Waals surface area contributed by atoms with Crippen LogP contribution < -0.4 is 14.8 Å². The normalized spacial score (nSPS) is 14.5. The third-order valence-electron chi connectivity index (χ3n) is 4.58. The molecule has 0 radical (unpaired) electrons. The molecule has 1 amide bonds. The standard InChI is InChI=1S/C21H24ClFN2O3/c1-25(2)18(15-5-3-6-16(23)12-15)13-24-20(26)11-14-9-17(22)21-19(10-14)27-7-4-8-28-21/h3,5-6,9-10,12,18H,4,7-8,11,13H2,1-2H3,(H,24,26)/t18-/m1/s1. The molecule has 0 unspecified atom stereocenters. The van der Waals surface area contributed by atoms with E-state index in [1.165, 1.54) is 12.1 Å². The van der Waals surface area contributed by atoms with Gasteiger partial charge in [-0.3, -0.25) is 4.79 Å². The Bertz CT molecular complexity index is 844. The number of carbonyl (C=O) groups excluding carboxylic acids is 1. The monoisotopic (exact) mass is 406 g/mol. The summed E-state index contributed by atoms with van der Waals surface area (Å²) in [5, 5.41) is 3.36. The predicted molar refractivity (Wildman–Crippen MR) is 107 cm³/mol. The van der Waals surface area contributed by atoms with Gasteiger partial charge in [0.05, 0.1) is 30.7 Å². The molecule has 2 aromatic rings. The van der Waals surface area contributed by atoms with Crippen molar-refractivity contribution >= 4 is 17.5 Å². The number of ether oxygens (including phenoxy) is 2. The maximum atomic E-state index is 13.5. The van der Waals surface area contributed by atoms with Crippen LogP contribution in [-0.4, -0.2) is 44.7 Å². The number of fused-ring (bicyclic) bond motifs is 1. The Balaban J connectivity index is 1.65. The summed E-state index contributed by atoms with van der Waals surface area (Å²) in [4.78, 5) is 14.4. The van der Waals surface area contributed by atoms with Gasteiger partial charge in [-0.2, -0.15) is 0 Å². The van der Waals surface area contributed by atoms with Crippen LogP contribution in [-0.2, 0) is 11.2 Å². The first-order chi connectivity index (χ1) is 13.4. The maximum Gasteiger partial charge on any atom is 0.224 e. The number of amides is 1. The Morgan fingerprint density at radius 2 is 2.04 bits per heavy atom. The molecule has 1 N–H and O–H groups in total. The van der Waals surface area contributed by atoms with E-state index in [2.05, 4.69) is 5.32 Å². The van der Waals surface area contributed by atoms with Crippen molar-refractivity contribution in [1.29, 1.82) is 0 Å². The Kier molecular flexibility index (Phi) is 6.75. The molecule has 3 rings (SSSR count). The summed E-state index contributed by atoms with van der Waals surface area (Å²) in [5.41, 5.74) is 1.56. The largest absolute Gasteiger partial charge is 0.489 e. The molecule has 28 heavy (non-hydrogen) atoms. The number of benzene rings is 2. The number of carbonyl (C=O) groups is 1. The summed E-state index contributed by atoms with van der Waals surface area (Å²) in [6.45, 7) is 1.48. The molecular weight excluding hydrogens is 383 g/mol. The van der Waals surface area contributed by atoms with Crippen molar-refractivity contribution in [3.8, 4) is 11.5 Å². The first kappa shape index (κ1) is 20.4. The molecule has 1 atom stereocenters. The van der Waals surface area contributed by atoms with E-state index in [4.69, 9.17) is 21.1 Å². The van der Waals surface area contributed by atoms with Crippen LogP contribution >= 0.6 is 11.6 Å². The average molecular weight is 407 g/mol. The molecule has 0 saturated carbocycles. The summed E-state index contributed by atoms with van der Waals surface area (Å²) >= 11 is 6.29. The van der Waals surface area contributed by atoms with E-state index in [0.29, 0.717) is 36.3 Å². The summed E-state index contributed by atoms with van der Waals surface area (Å²) in [5.74, 6) is 0.659. The van der Waals surface area contributed by atoms with Gasteiger partial charge in [-0.25, -0.2) is 4.39 Å². The molecule has 150 valence electrons. The van der Waals surface area contributed by atoms with Gasteiger partial charge in [0.15, 0.2) is 11.5 Å².